The molecule has 0 bridgehead atoms. The summed E-state index contributed by atoms with van der Waals surface area (Å²) >= 11 is 0. The van der Waals surface area contributed by atoms with Crippen LogP contribution < -0.4 is 10.5 Å². The molecule has 0 saturated heterocycles. The Labute approximate surface area is 106 Å². The van der Waals surface area contributed by atoms with Gasteiger partial charge >= 0.3 is 6.18 Å². The van der Waals surface area contributed by atoms with E-state index < -0.39 is 45.7 Å². The van der Waals surface area contributed by atoms with Gasteiger partial charge in [0.1, 0.15) is 4.90 Å². The fraction of sp³-hybridized carbons (Fsp3) is 0.500. The zero-order valence-corrected chi connectivity index (χ0v) is 10.5. The molecule has 0 aliphatic carbocycles. The summed E-state index contributed by atoms with van der Waals surface area (Å²) in [7, 11) is -4.20. The summed E-state index contributed by atoms with van der Waals surface area (Å²) < 4.78 is 58.1. The first-order valence-corrected chi connectivity index (χ1v) is 6.49. The molecule has 0 fully saturated rings. The van der Waals surface area contributed by atoms with Crippen LogP contribution in [0.1, 0.15) is 22.6 Å². The number of H-pyrrole nitrogens is 1. The minimum absolute atomic E-state index is 0.0310. The summed E-state index contributed by atoms with van der Waals surface area (Å²) in [5.41, 5.74) is -0.523. The van der Waals surface area contributed by atoms with Crippen molar-refractivity contribution in [1.29, 1.82) is 0 Å². The minimum Gasteiger partial charge on any atom is -0.350 e. The van der Waals surface area contributed by atoms with Crippen molar-refractivity contribution in [3.05, 3.63) is 11.4 Å². The number of halogens is 3. The van der Waals surface area contributed by atoms with Gasteiger partial charge in [-0.05, 0) is 6.92 Å². The number of carbonyl (C=O) groups excluding carboxylic acids is 1. The first kappa shape index (κ1) is 15.4. The maximum Gasteiger partial charge on any atom is 0.390 e. The highest BCUT2D eigenvalue weighted by molar-refractivity contribution is 7.89. The van der Waals surface area contributed by atoms with Gasteiger partial charge in [0.15, 0.2) is 5.69 Å². The third kappa shape index (κ3) is 4.21. The molecule has 4 N–H and O–H groups in total. The van der Waals surface area contributed by atoms with E-state index in [0.717, 1.165) is 0 Å². The molecular weight excluding hydrogens is 289 g/mol. The monoisotopic (exact) mass is 300 g/mol. The number of amides is 1. The SMILES string of the molecule is Cc1[nH]nc(C(=O)NCCC(F)(F)F)c1S(N)(=O)=O. The molecule has 1 amide bonds. The standard InChI is InChI=1S/C8H11F3N4O3S/c1-4-6(19(12,17)18)5(15-14-4)7(16)13-3-2-8(9,10)11/h2-3H2,1H3,(H,13,16)(H,14,15)(H2,12,17,18). The number of primary sulfonamides is 1. The fourth-order valence-electron chi connectivity index (χ4n) is 1.32. The van der Waals surface area contributed by atoms with E-state index in [1.54, 1.807) is 0 Å². The van der Waals surface area contributed by atoms with Crippen molar-refractivity contribution in [3.8, 4) is 0 Å². The summed E-state index contributed by atoms with van der Waals surface area (Å²) in [4.78, 5) is 11.0. The number of sulfonamides is 1. The van der Waals surface area contributed by atoms with Gasteiger partial charge in [-0.15, -0.1) is 0 Å². The maximum absolute atomic E-state index is 11.9. The molecule has 108 valence electrons. The van der Waals surface area contributed by atoms with Gasteiger partial charge in [0.2, 0.25) is 10.0 Å². The average Bonchev–Trinajstić information content (AvgIpc) is 2.57. The van der Waals surface area contributed by atoms with Crippen LogP contribution in [0.5, 0.6) is 0 Å². The van der Waals surface area contributed by atoms with E-state index in [2.05, 4.69) is 10.2 Å². The molecule has 11 heteroatoms. The van der Waals surface area contributed by atoms with Crippen molar-refractivity contribution in [2.75, 3.05) is 6.54 Å². The highest BCUT2D eigenvalue weighted by Gasteiger charge is 2.29. The largest absolute Gasteiger partial charge is 0.390 e. The Bertz CT molecular complexity index is 579. The lowest BCUT2D eigenvalue weighted by Gasteiger charge is -2.07. The normalized spacial score (nSPS) is 12.5. The molecule has 0 saturated carbocycles. The van der Waals surface area contributed by atoms with Crippen LogP contribution >= 0.6 is 0 Å². The molecule has 0 aromatic carbocycles. The first-order chi connectivity index (χ1) is 8.52. The molecule has 0 radical (unpaired) electrons. The van der Waals surface area contributed by atoms with E-state index in [-0.39, 0.29) is 5.69 Å². The van der Waals surface area contributed by atoms with Crippen LogP contribution in [0.3, 0.4) is 0 Å². The summed E-state index contributed by atoms with van der Waals surface area (Å²) in [6.07, 6.45) is -5.65. The fourth-order valence-corrected chi connectivity index (χ4v) is 2.20. The number of carbonyl (C=O) groups is 1. The molecule has 19 heavy (non-hydrogen) atoms. The number of rotatable bonds is 4. The molecule has 0 aliphatic rings. The molecule has 0 aliphatic heterocycles. The Morgan fingerprint density at radius 1 is 1.47 bits per heavy atom. The average molecular weight is 300 g/mol. The van der Waals surface area contributed by atoms with Crippen LogP contribution in [-0.2, 0) is 10.0 Å². The molecule has 1 aromatic heterocycles. The van der Waals surface area contributed by atoms with Gasteiger partial charge in [0.05, 0.1) is 12.1 Å². The summed E-state index contributed by atoms with van der Waals surface area (Å²) in [5, 5.41) is 12.5. The third-order valence-corrected chi connectivity index (χ3v) is 3.15. The van der Waals surface area contributed by atoms with E-state index in [1.165, 1.54) is 6.92 Å². The predicted molar refractivity (Wildman–Crippen MR) is 57.7 cm³/mol. The number of hydrogen-bond donors (Lipinski definition) is 3. The van der Waals surface area contributed by atoms with Crippen LogP contribution in [-0.4, -0.2) is 37.2 Å². The Morgan fingerprint density at radius 3 is 2.53 bits per heavy atom. The predicted octanol–water partition coefficient (Wildman–Crippen LogP) is 0.0477. The number of nitrogens with one attached hydrogen (secondary N) is 2. The lowest BCUT2D eigenvalue weighted by atomic mass is 10.3. The van der Waals surface area contributed by atoms with Crippen LogP contribution in [0.2, 0.25) is 0 Å². The second-order valence-corrected chi connectivity index (χ2v) is 5.19. The zero-order chi connectivity index (χ0) is 14.8. The first-order valence-electron chi connectivity index (χ1n) is 4.95. The number of alkyl halides is 3. The third-order valence-electron chi connectivity index (χ3n) is 2.08. The van der Waals surface area contributed by atoms with Crippen LogP contribution in [0.4, 0.5) is 13.2 Å². The van der Waals surface area contributed by atoms with Gasteiger partial charge in [0, 0.05) is 6.54 Å². The van der Waals surface area contributed by atoms with E-state index in [9.17, 15) is 26.4 Å². The smallest absolute Gasteiger partial charge is 0.350 e. The maximum atomic E-state index is 11.9. The lowest BCUT2D eigenvalue weighted by molar-refractivity contribution is -0.133. The summed E-state index contributed by atoms with van der Waals surface area (Å²) in [6, 6.07) is 0. The van der Waals surface area contributed by atoms with Gasteiger partial charge in [-0.25, -0.2) is 13.6 Å². The highest BCUT2D eigenvalue weighted by Crippen LogP contribution is 2.19. The summed E-state index contributed by atoms with van der Waals surface area (Å²) in [5.74, 6) is -1.04. The Kier molecular flexibility index (Phi) is 4.20. The topological polar surface area (TPSA) is 118 Å². The van der Waals surface area contributed by atoms with Gasteiger partial charge in [-0.1, -0.05) is 0 Å². The second kappa shape index (κ2) is 5.17. The van der Waals surface area contributed by atoms with Crippen molar-refractivity contribution in [2.45, 2.75) is 24.4 Å². The molecule has 0 spiro atoms. The number of aromatic amines is 1. The van der Waals surface area contributed by atoms with Crippen molar-refractivity contribution in [3.63, 3.8) is 0 Å². The second-order valence-electron chi connectivity index (χ2n) is 3.69. The number of nitrogens with two attached hydrogens (primary N) is 1. The highest BCUT2D eigenvalue weighted by atomic mass is 32.2. The van der Waals surface area contributed by atoms with E-state index in [0.29, 0.717) is 0 Å². The van der Waals surface area contributed by atoms with E-state index >= 15 is 0 Å². The minimum atomic E-state index is -4.42. The molecule has 7 nitrogen and oxygen atoms in total. The number of aromatic nitrogens is 2. The Balaban J connectivity index is 2.85. The quantitative estimate of drug-likeness (QED) is 0.728. The van der Waals surface area contributed by atoms with Crippen LogP contribution in [0.15, 0.2) is 4.90 Å². The van der Waals surface area contributed by atoms with Crippen molar-refractivity contribution < 1.29 is 26.4 Å². The molecular formula is C8H11F3N4O3S. The molecule has 1 rings (SSSR count). The van der Waals surface area contributed by atoms with Crippen LogP contribution in [0.25, 0.3) is 0 Å². The zero-order valence-electron chi connectivity index (χ0n) is 9.71. The van der Waals surface area contributed by atoms with Gasteiger partial charge < -0.3 is 5.32 Å². The van der Waals surface area contributed by atoms with Crippen molar-refractivity contribution in [1.82, 2.24) is 15.5 Å². The number of hydrogen-bond acceptors (Lipinski definition) is 4. The Morgan fingerprint density at radius 2 is 2.05 bits per heavy atom. The van der Waals surface area contributed by atoms with Crippen molar-refractivity contribution >= 4 is 15.9 Å². The number of nitrogens with zero attached hydrogens (tertiary/aromatic N) is 1. The Hall–Kier alpha value is -1.62. The van der Waals surface area contributed by atoms with E-state index in [4.69, 9.17) is 5.14 Å². The number of aryl methyl sites for hydroxylation is 1. The molecule has 0 unspecified atom stereocenters. The van der Waals surface area contributed by atoms with Gasteiger partial charge in [-0.2, -0.15) is 18.3 Å². The molecule has 1 heterocycles. The van der Waals surface area contributed by atoms with E-state index in [1.807, 2.05) is 5.32 Å². The molecule has 1 aromatic rings. The van der Waals surface area contributed by atoms with Gasteiger partial charge in [0.25, 0.3) is 5.91 Å². The summed E-state index contributed by atoms with van der Waals surface area (Å²) in [6.45, 7) is 0.636. The van der Waals surface area contributed by atoms with Crippen molar-refractivity contribution in [2.24, 2.45) is 5.14 Å². The van der Waals surface area contributed by atoms with Crippen LogP contribution in [0, 0.1) is 6.92 Å². The lowest BCUT2D eigenvalue weighted by Crippen LogP contribution is -2.30. The molecule has 0 atom stereocenters. The van der Waals surface area contributed by atoms with Gasteiger partial charge in [-0.3, -0.25) is 9.89 Å².